The Bertz CT molecular complexity index is 1150. The minimum Gasteiger partial charge on any atom is -0.343 e. The lowest BCUT2D eigenvalue weighted by molar-refractivity contribution is -0.113. The molecule has 1 atom stereocenters. The number of allylic oxidation sites excluding steroid dienone is 1. The Morgan fingerprint density at radius 2 is 1.53 bits per heavy atom. The van der Waals surface area contributed by atoms with Gasteiger partial charge in [-0.3, -0.25) is 9.59 Å². The average Bonchev–Trinajstić information content (AvgIpc) is 3.18. The first kappa shape index (κ1) is 21.4. The number of benzene rings is 2. The minimum absolute atomic E-state index is 0.178. The topological polar surface area (TPSA) is 88.0 Å². The molecule has 0 saturated heterocycles. The average molecular weight is 430 g/mol. The number of rotatable bonds is 6. The van der Waals surface area contributed by atoms with Gasteiger partial charge in [0.05, 0.1) is 17.8 Å². The van der Waals surface area contributed by atoms with E-state index in [-0.39, 0.29) is 17.9 Å². The summed E-state index contributed by atoms with van der Waals surface area (Å²) in [5, 5.41) is 13.6. The maximum Gasteiger partial charge on any atom is 0.261 e. The lowest BCUT2D eigenvalue weighted by Gasteiger charge is -2.31. The highest BCUT2D eigenvalue weighted by Gasteiger charge is 2.34. The van der Waals surface area contributed by atoms with Gasteiger partial charge in [0.1, 0.15) is 11.4 Å². The molecule has 1 aliphatic heterocycles. The first-order valence-electron chi connectivity index (χ1n) is 10.7. The van der Waals surface area contributed by atoms with Crippen molar-refractivity contribution in [3.05, 3.63) is 83.7 Å². The molecule has 4 rings (SSSR count). The molecule has 7 nitrogen and oxygen atoms in total. The fourth-order valence-corrected chi connectivity index (χ4v) is 3.93. The van der Waals surface area contributed by atoms with Gasteiger partial charge in [-0.25, -0.2) is 4.68 Å². The van der Waals surface area contributed by atoms with Crippen molar-refractivity contribution in [2.24, 2.45) is 5.92 Å². The fourth-order valence-electron chi connectivity index (χ4n) is 3.93. The van der Waals surface area contributed by atoms with Crippen LogP contribution >= 0.6 is 0 Å². The predicted octanol–water partition coefficient (Wildman–Crippen LogP) is 5.06. The molecule has 2 aromatic carbocycles. The Morgan fingerprint density at radius 1 is 0.969 bits per heavy atom. The van der Waals surface area contributed by atoms with Gasteiger partial charge in [-0.1, -0.05) is 50.2 Å². The molecule has 3 aromatic rings. The lowest BCUT2D eigenvalue weighted by atomic mass is 9.93. The minimum atomic E-state index is -0.284. The number of aromatic nitrogens is 2. The second kappa shape index (κ2) is 9.09. The Kier molecular flexibility index (Phi) is 6.07. The van der Waals surface area contributed by atoms with Crippen LogP contribution in [0.5, 0.6) is 0 Å². The Morgan fingerprint density at radius 3 is 2.09 bits per heavy atom. The fraction of sp³-hybridized carbons (Fsp3) is 0.240. The number of para-hydroxylation sites is 2. The number of carbonyl (C=O) groups is 2. The normalized spacial score (nSPS) is 15.2. The molecule has 1 aromatic heterocycles. The van der Waals surface area contributed by atoms with Gasteiger partial charge in [0.2, 0.25) is 0 Å². The van der Waals surface area contributed by atoms with Crippen LogP contribution < -0.4 is 16.0 Å². The number of hydrogen-bond donors (Lipinski definition) is 3. The summed E-state index contributed by atoms with van der Waals surface area (Å²) in [4.78, 5) is 26.2. The SMILES string of the molecule is CC1=C(C(=O)Nc2ccccc2)[C@@H](CC(C)C)n2ncc(C(=O)Nc3ccccc3)c2N1. The van der Waals surface area contributed by atoms with Crippen molar-refractivity contribution in [3.8, 4) is 0 Å². The van der Waals surface area contributed by atoms with Crippen LogP contribution in [-0.4, -0.2) is 21.6 Å². The zero-order valence-corrected chi connectivity index (χ0v) is 18.4. The second-order valence-electron chi connectivity index (χ2n) is 8.30. The van der Waals surface area contributed by atoms with E-state index in [0.29, 0.717) is 40.7 Å². The molecule has 0 bridgehead atoms. The van der Waals surface area contributed by atoms with Crippen molar-refractivity contribution in [2.45, 2.75) is 33.2 Å². The maximum atomic E-state index is 13.2. The van der Waals surface area contributed by atoms with Crippen molar-refractivity contribution in [1.29, 1.82) is 0 Å². The van der Waals surface area contributed by atoms with E-state index in [1.807, 2.05) is 67.6 Å². The molecule has 0 saturated carbocycles. The van der Waals surface area contributed by atoms with Crippen molar-refractivity contribution >= 4 is 29.0 Å². The van der Waals surface area contributed by atoms with Gasteiger partial charge in [-0.2, -0.15) is 5.10 Å². The van der Waals surface area contributed by atoms with E-state index in [2.05, 4.69) is 34.9 Å². The number of nitrogens with one attached hydrogen (secondary N) is 3. The van der Waals surface area contributed by atoms with E-state index < -0.39 is 0 Å². The summed E-state index contributed by atoms with van der Waals surface area (Å²) in [6.07, 6.45) is 2.27. The van der Waals surface area contributed by atoms with Gasteiger partial charge < -0.3 is 16.0 Å². The molecule has 0 radical (unpaired) electrons. The Balaban J connectivity index is 1.65. The van der Waals surface area contributed by atoms with Crippen LogP contribution in [0.2, 0.25) is 0 Å². The van der Waals surface area contributed by atoms with Crippen molar-refractivity contribution in [1.82, 2.24) is 9.78 Å². The van der Waals surface area contributed by atoms with E-state index in [4.69, 9.17) is 0 Å². The van der Waals surface area contributed by atoms with Gasteiger partial charge in [0, 0.05) is 17.1 Å². The van der Waals surface area contributed by atoms with Crippen LogP contribution in [0.3, 0.4) is 0 Å². The number of fused-ring (bicyclic) bond motifs is 1. The van der Waals surface area contributed by atoms with Gasteiger partial charge >= 0.3 is 0 Å². The molecule has 2 amide bonds. The molecule has 2 heterocycles. The third-order valence-electron chi connectivity index (χ3n) is 5.38. The van der Waals surface area contributed by atoms with Crippen LogP contribution in [0.15, 0.2) is 78.1 Å². The Hall–Kier alpha value is -3.87. The predicted molar refractivity (Wildman–Crippen MR) is 127 cm³/mol. The quantitative estimate of drug-likeness (QED) is 0.511. The third kappa shape index (κ3) is 4.42. The molecule has 3 N–H and O–H groups in total. The van der Waals surface area contributed by atoms with Crippen molar-refractivity contribution < 1.29 is 9.59 Å². The molecule has 0 aliphatic carbocycles. The van der Waals surface area contributed by atoms with E-state index in [0.717, 1.165) is 5.69 Å². The summed E-state index contributed by atoms with van der Waals surface area (Å²) >= 11 is 0. The highest BCUT2D eigenvalue weighted by molar-refractivity contribution is 6.09. The van der Waals surface area contributed by atoms with E-state index in [1.54, 1.807) is 10.9 Å². The zero-order valence-electron chi connectivity index (χ0n) is 18.4. The summed E-state index contributed by atoms with van der Waals surface area (Å²) in [5.41, 5.74) is 3.21. The number of hydrogen-bond acceptors (Lipinski definition) is 4. The zero-order chi connectivity index (χ0) is 22.7. The number of amides is 2. The maximum absolute atomic E-state index is 13.2. The summed E-state index contributed by atoms with van der Waals surface area (Å²) < 4.78 is 1.76. The van der Waals surface area contributed by atoms with Crippen LogP contribution in [0.25, 0.3) is 0 Å². The molecule has 32 heavy (non-hydrogen) atoms. The smallest absolute Gasteiger partial charge is 0.261 e. The summed E-state index contributed by atoms with van der Waals surface area (Å²) in [5.74, 6) is 0.489. The molecular formula is C25H27N5O2. The number of carbonyl (C=O) groups excluding carboxylic acids is 2. The summed E-state index contributed by atoms with van der Waals surface area (Å²) in [6.45, 7) is 6.08. The van der Waals surface area contributed by atoms with Gasteiger partial charge in [-0.05, 0) is 43.5 Å². The monoisotopic (exact) mass is 429 g/mol. The van der Waals surface area contributed by atoms with E-state index in [9.17, 15) is 9.59 Å². The number of anilines is 3. The first-order chi connectivity index (χ1) is 15.4. The highest BCUT2D eigenvalue weighted by Crippen LogP contribution is 2.37. The lowest BCUT2D eigenvalue weighted by Crippen LogP contribution is -2.32. The molecule has 0 unspecified atom stereocenters. The molecule has 164 valence electrons. The first-order valence-corrected chi connectivity index (χ1v) is 10.7. The molecule has 0 fully saturated rings. The van der Waals surface area contributed by atoms with Crippen LogP contribution in [0, 0.1) is 5.92 Å². The van der Waals surface area contributed by atoms with Gasteiger partial charge in [0.15, 0.2) is 0 Å². The summed E-state index contributed by atoms with van der Waals surface area (Å²) in [7, 11) is 0. The Labute approximate surface area is 187 Å². The summed E-state index contributed by atoms with van der Waals surface area (Å²) in [6, 6.07) is 18.4. The molecular weight excluding hydrogens is 402 g/mol. The molecule has 1 aliphatic rings. The van der Waals surface area contributed by atoms with Crippen molar-refractivity contribution in [3.63, 3.8) is 0 Å². The van der Waals surface area contributed by atoms with Gasteiger partial charge in [-0.15, -0.1) is 0 Å². The second-order valence-corrected chi connectivity index (χ2v) is 8.30. The molecule has 7 heteroatoms. The van der Waals surface area contributed by atoms with E-state index in [1.165, 1.54) is 0 Å². The molecule has 0 spiro atoms. The standard InChI is InChI=1S/C25H27N5O2/c1-16(2)14-21-22(25(32)29-19-12-8-5-9-13-19)17(3)27-23-20(15-26-30(21)23)24(31)28-18-10-6-4-7-11-18/h4-13,15-16,21,27H,14H2,1-3H3,(H,28,31)(H,29,32)/t21-/m1/s1. The highest BCUT2D eigenvalue weighted by atomic mass is 16.2. The van der Waals surface area contributed by atoms with E-state index >= 15 is 0 Å². The van der Waals surface area contributed by atoms with Crippen LogP contribution in [-0.2, 0) is 4.79 Å². The van der Waals surface area contributed by atoms with Crippen molar-refractivity contribution in [2.75, 3.05) is 16.0 Å². The van der Waals surface area contributed by atoms with Crippen LogP contribution in [0.4, 0.5) is 17.2 Å². The van der Waals surface area contributed by atoms with Crippen LogP contribution in [0.1, 0.15) is 43.6 Å². The largest absolute Gasteiger partial charge is 0.343 e. The third-order valence-corrected chi connectivity index (χ3v) is 5.38. The number of nitrogens with zero attached hydrogens (tertiary/aromatic N) is 2. The van der Waals surface area contributed by atoms with Gasteiger partial charge in [0.25, 0.3) is 11.8 Å².